The van der Waals surface area contributed by atoms with E-state index >= 15 is 0 Å². The molecule has 3 heteroatoms. The SMILES string of the molecule is CC(O)CCN1CCN(C)C(C)(C)C1. The van der Waals surface area contributed by atoms with Gasteiger partial charge in [-0.1, -0.05) is 0 Å². The van der Waals surface area contributed by atoms with Crippen molar-refractivity contribution in [2.75, 3.05) is 33.2 Å². The molecule has 1 atom stereocenters. The van der Waals surface area contributed by atoms with Crippen molar-refractivity contribution >= 4 is 0 Å². The number of piperazine rings is 1. The van der Waals surface area contributed by atoms with Crippen LogP contribution in [-0.4, -0.2) is 59.8 Å². The molecule has 0 aromatic rings. The van der Waals surface area contributed by atoms with E-state index in [4.69, 9.17) is 0 Å². The van der Waals surface area contributed by atoms with Crippen molar-refractivity contribution in [3.05, 3.63) is 0 Å². The van der Waals surface area contributed by atoms with E-state index in [0.29, 0.717) is 0 Å². The molecule has 0 saturated carbocycles. The third-order valence-electron chi connectivity index (χ3n) is 3.26. The number of hydrogen-bond donors (Lipinski definition) is 1. The quantitative estimate of drug-likeness (QED) is 0.729. The maximum atomic E-state index is 9.23. The molecule has 1 heterocycles. The van der Waals surface area contributed by atoms with E-state index in [2.05, 4.69) is 30.7 Å². The first-order valence-electron chi connectivity index (χ1n) is 5.53. The highest BCUT2D eigenvalue weighted by Gasteiger charge is 2.30. The molecule has 0 aliphatic carbocycles. The lowest BCUT2D eigenvalue weighted by atomic mass is 9.99. The summed E-state index contributed by atoms with van der Waals surface area (Å²) in [5, 5.41) is 9.23. The van der Waals surface area contributed by atoms with Gasteiger partial charge in [-0.15, -0.1) is 0 Å². The molecular formula is C11H24N2O. The van der Waals surface area contributed by atoms with E-state index in [1.807, 2.05) is 6.92 Å². The zero-order chi connectivity index (χ0) is 10.8. The standard InChI is InChI=1S/C11H24N2O/c1-10(14)5-6-13-8-7-12(4)11(2,3)9-13/h10,14H,5-9H2,1-4H3. The zero-order valence-corrected chi connectivity index (χ0v) is 9.95. The monoisotopic (exact) mass is 200 g/mol. The fourth-order valence-electron chi connectivity index (χ4n) is 1.90. The van der Waals surface area contributed by atoms with Crippen LogP contribution >= 0.6 is 0 Å². The number of aliphatic hydroxyl groups excluding tert-OH is 1. The first-order chi connectivity index (χ1) is 6.42. The molecule has 0 amide bonds. The Labute approximate surface area is 87.7 Å². The molecule has 1 aliphatic heterocycles. The normalized spacial score (nSPS) is 26.4. The van der Waals surface area contributed by atoms with Crippen LogP contribution in [0.25, 0.3) is 0 Å². The Morgan fingerprint density at radius 1 is 1.36 bits per heavy atom. The summed E-state index contributed by atoms with van der Waals surface area (Å²) >= 11 is 0. The molecule has 3 nitrogen and oxygen atoms in total. The van der Waals surface area contributed by atoms with Crippen LogP contribution in [0.5, 0.6) is 0 Å². The second kappa shape index (κ2) is 4.60. The van der Waals surface area contributed by atoms with Gasteiger partial charge < -0.3 is 10.0 Å². The summed E-state index contributed by atoms with van der Waals surface area (Å²) in [5.41, 5.74) is 0.275. The molecule has 1 rings (SSSR count). The summed E-state index contributed by atoms with van der Waals surface area (Å²) in [6, 6.07) is 0. The predicted octanol–water partition coefficient (Wildman–Crippen LogP) is 0.783. The second-order valence-corrected chi connectivity index (χ2v) is 5.15. The van der Waals surface area contributed by atoms with Crippen molar-refractivity contribution in [1.82, 2.24) is 9.80 Å². The van der Waals surface area contributed by atoms with Gasteiger partial charge in [0.25, 0.3) is 0 Å². The summed E-state index contributed by atoms with van der Waals surface area (Å²) in [6.45, 7) is 10.8. The van der Waals surface area contributed by atoms with Crippen LogP contribution in [0, 0.1) is 0 Å². The third kappa shape index (κ3) is 3.23. The van der Waals surface area contributed by atoms with Crippen molar-refractivity contribution in [1.29, 1.82) is 0 Å². The van der Waals surface area contributed by atoms with Gasteiger partial charge in [0.05, 0.1) is 6.10 Å². The summed E-state index contributed by atoms with van der Waals surface area (Å²) in [7, 11) is 2.19. The Bertz CT molecular complexity index is 180. The summed E-state index contributed by atoms with van der Waals surface area (Å²) in [5.74, 6) is 0. The molecule has 0 aromatic carbocycles. The van der Waals surface area contributed by atoms with E-state index in [1.54, 1.807) is 0 Å². The van der Waals surface area contributed by atoms with Crippen molar-refractivity contribution in [2.24, 2.45) is 0 Å². The van der Waals surface area contributed by atoms with E-state index in [1.165, 1.54) is 0 Å². The van der Waals surface area contributed by atoms with E-state index in [9.17, 15) is 5.11 Å². The van der Waals surface area contributed by atoms with Gasteiger partial charge in [0.2, 0.25) is 0 Å². The summed E-state index contributed by atoms with van der Waals surface area (Å²) in [6.07, 6.45) is 0.720. The molecule has 1 aliphatic rings. The van der Waals surface area contributed by atoms with Gasteiger partial charge in [0.15, 0.2) is 0 Å². The lowest BCUT2D eigenvalue weighted by molar-refractivity contribution is 0.0328. The first kappa shape index (κ1) is 12.0. The minimum atomic E-state index is -0.169. The molecule has 0 radical (unpaired) electrons. The Morgan fingerprint density at radius 3 is 2.50 bits per heavy atom. The molecule has 0 spiro atoms. The van der Waals surface area contributed by atoms with E-state index < -0.39 is 0 Å². The first-order valence-corrected chi connectivity index (χ1v) is 5.53. The molecule has 1 N–H and O–H groups in total. The van der Waals surface area contributed by atoms with Crippen molar-refractivity contribution in [3.8, 4) is 0 Å². The fourth-order valence-corrected chi connectivity index (χ4v) is 1.90. The number of aliphatic hydroxyl groups is 1. The van der Waals surface area contributed by atoms with Gasteiger partial charge in [0, 0.05) is 31.7 Å². The average Bonchev–Trinajstić information content (AvgIpc) is 2.07. The molecule has 1 fully saturated rings. The van der Waals surface area contributed by atoms with Crippen molar-refractivity contribution in [3.63, 3.8) is 0 Å². The highest BCUT2D eigenvalue weighted by Crippen LogP contribution is 2.18. The van der Waals surface area contributed by atoms with Gasteiger partial charge in [-0.3, -0.25) is 4.90 Å². The topological polar surface area (TPSA) is 26.7 Å². The van der Waals surface area contributed by atoms with Gasteiger partial charge in [-0.25, -0.2) is 0 Å². The zero-order valence-electron chi connectivity index (χ0n) is 9.95. The highest BCUT2D eigenvalue weighted by atomic mass is 16.3. The molecular weight excluding hydrogens is 176 g/mol. The largest absolute Gasteiger partial charge is 0.393 e. The molecule has 0 aromatic heterocycles. The van der Waals surface area contributed by atoms with Gasteiger partial charge in [-0.2, -0.15) is 0 Å². The van der Waals surface area contributed by atoms with Gasteiger partial charge >= 0.3 is 0 Å². The number of rotatable bonds is 3. The van der Waals surface area contributed by atoms with Crippen LogP contribution in [0.2, 0.25) is 0 Å². The third-order valence-corrected chi connectivity index (χ3v) is 3.26. The summed E-state index contributed by atoms with van der Waals surface area (Å²) in [4.78, 5) is 4.86. The van der Waals surface area contributed by atoms with E-state index in [0.717, 1.165) is 32.6 Å². The molecule has 1 saturated heterocycles. The van der Waals surface area contributed by atoms with Crippen LogP contribution in [0.1, 0.15) is 27.2 Å². The molecule has 84 valence electrons. The maximum Gasteiger partial charge on any atom is 0.0524 e. The smallest absolute Gasteiger partial charge is 0.0524 e. The lowest BCUT2D eigenvalue weighted by Gasteiger charge is -2.45. The Hall–Kier alpha value is -0.120. The minimum Gasteiger partial charge on any atom is -0.393 e. The number of hydrogen-bond acceptors (Lipinski definition) is 3. The van der Waals surface area contributed by atoms with Gasteiger partial charge in [-0.05, 0) is 34.2 Å². The Morgan fingerprint density at radius 2 is 2.00 bits per heavy atom. The Balaban J connectivity index is 2.36. The van der Waals surface area contributed by atoms with Crippen LogP contribution in [0.4, 0.5) is 0 Å². The predicted molar refractivity (Wildman–Crippen MR) is 59.4 cm³/mol. The van der Waals surface area contributed by atoms with Crippen molar-refractivity contribution in [2.45, 2.75) is 38.8 Å². The van der Waals surface area contributed by atoms with Crippen molar-refractivity contribution < 1.29 is 5.11 Å². The second-order valence-electron chi connectivity index (χ2n) is 5.15. The maximum absolute atomic E-state index is 9.23. The fraction of sp³-hybridized carbons (Fsp3) is 1.00. The number of nitrogens with zero attached hydrogens (tertiary/aromatic N) is 2. The average molecular weight is 200 g/mol. The highest BCUT2D eigenvalue weighted by molar-refractivity contribution is 4.88. The van der Waals surface area contributed by atoms with Crippen LogP contribution < -0.4 is 0 Å². The molecule has 0 bridgehead atoms. The molecule has 14 heavy (non-hydrogen) atoms. The lowest BCUT2D eigenvalue weighted by Crippen LogP contribution is -2.57. The van der Waals surface area contributed by atoms with Crippen LogP contribution in [0.15, 0.2) is 0 Å². The summed E-state index contributed by atoms with van der Waals surface area (Å²) < 4.78 is 0. The van der Waals surface area contributed by atoms with Gasteiger partial charge in [0.1, 0.15) is 0 Å². The Kier molecular flexibility index (Phi) is 3.93. The van der Waals surface area contributed by atoms with E-state index in [-0.39, 0.29) is 11.6 Å². The van der Waals surface area contributed by atoms with Crippen LogP contribution in [-0.2, 0) is 0 Å². The molecule has 1 unspecified atom stereocenters. The minimum absolute atomic E-state index is 0.169. The van der Waals surface area contributed by atoms with Crippen LogP contribution in [0.3, 0.4) is 0 Å². The number of likely N-dealkylation sites (N-methyl/N-ethyl adjacent to an activating group) is 1.